The predicted molar refractivity (Wildman–Crippen MR) is 63.7 cm³/mol. The monoisotopic (exact) mass is 269 g/mol. The fourth-order valence-electron chi connectivity index (χ4n) is 2.18. The van der Waals surface area contributed by atoms with Crippen LogP contribution in [0.3, 0.4) is 0 Å². The Labute approximate surface area is 109 Å². The topological polar surface area (TPSA) is 46.6 Å². The number of ketones is 1. The molecule has 102 valence electrons. The van der Waals surface area contributed by atoms with Gasteiger partial charge in [-0.2, -0.15) is 0 Å². The molecule has 0 aliphatic carbocycles. The molecule has 2 rings (SSSR count). The van der Waals surface area contributed by atoms with Gasteiger partial charge in [0.15, 0.2) is 5.78 Å². The number of hydrogen-bond donors (Lipinski definition) is 0. The Bertz CT molecular complexity index is 490. The van der Waals surface area contributed by atoms with Crippen LogP contribution in [0.4, 0.5) is 14.5 Å². The van der Waals surface area contributed by atoms with Crippen LogP contribution in [0.2, 0.25) is 0 Å². The molecular formula is C13H13F2NO3. The van der Waals surface area contributed by atoms with Gasteiger partial charge in [0.2, 0.25) is 0 Å². The van der Waals surface area contributed by atoms with Crippen molar-refractivity contribution in [2.75, 3.05) is 25.1 Å². The van der Waals surface area contributed by atoms with E-state index >= 15 is 0 Å². The summed E-state index contributed by atoms with van der Waals surface area (Å²) in [5.41, 5.74) is -0.205. The van der Waals surface area contributed by atoms with Gasteiger partial charge in [-0.3, -0.25) is 9.59 Å². The van der Waals surface area contributed by atoms with Crippen LogP contribution in [0.5, 0.6) is 0 Å². The van der Waals surface area contributed by atoms with E-state index in [-0.39, 0.29) is 31.0 Å². The molecular weight excluding hydrogens is 256 g/mol. The average Bonchev–Trinajstić information content (AvgIpc) is 2.39. The lowest BCUT2D eigenvalue weighted by Crippen LogP contribution is -2.45. The Morgan fingerprint density at radius 3 is 2.58 bits per heavy atom. The first-order valence-corrected chi connectivity index (χ1v) is 5.84. The van der Waals surface area contributed by atoms with Crippen molar-refractivity contribution in [2.45, 2.75) is 6.42 Å². The molecule has 19 heavy (non-hydrogen) atoms. The summed E-state index contributed by atoms with van der Waals surface area (Å²) in [5.74, 6) is -3.35. The average molecular weight is 269 g/mol. The highest BCUT2D eigenvalue weighted by atomic mass is 19.1. The number of methoxy groups -OCH3 is 1. The number of benzene rings is 1. The molecule has 1 aromatic carbocycles. The molecule has 1 atom stereocenters. The van der Waals surface area contributed by atoms with Gasteiger partial charge >= 0.3 is 5.97 Å². The first-order chi connectivity index (χ1) is 9.04. The number of carbonyl (C=O) groups excluding carboxylic acids is 2. The molecule has 1 fully saturated rings. The lowest BCUT2D eigenvalue weighted by molar-refractivity contribution is -0.149. The predicted octanol–water partition coefficient (Wildman–Crippen LogP) is 1.53. The van der Waals surface area contributed by atoms with Gasteiger partial charge in [-0.15, -0.1) is 0 Å². The summed E-state index contributed by atoms with van der Waals surface area (Å²) in [5, 5.41) is 0. The number of para-hydroxylation sites is 1. The van der Waals surface area contributed by atoms with E-state index in [1.807, 2.05) is 0 Å². The lowest BCUT2D eigenvalue weighted by atomic mass is 9.96. The van der Waals surface area contributed by atoms with Crippen molar-refractivity contribution in [3.05, 3.63) is 29.8 Å². The van der Waals surface area contributed by atoms with Gasteiger partial charge in [-0.05, 0) is 12.1 Å². The molecule has 1 aliphatic rings. The zero-order chi connectivity index (χ0) is 14.0. The van der Waals surface area contributed by atoms with Gasteiger partial charge in [0.1, 0.15) is 23.2 Å². The highest BCUT2D eigenvalue weighted by Crippen LogP contribution is 2.27. The van der Waals surface area contributed by atoms with Gasteiger partial charge in [-0.25, -0.2) is 8.78 Å². The molecule has 6 heteroatoms. The minimum atomic E-state index is -0.988. The third-order valence-electron chi connectivity index (χ3n) is 3.16. The molecule has 1 aliphatic heterocycles. The van der Waals surface area contributed by atoms with Crippen molar-refractivity contribution < 1.29 is 23.1 Å². The molecule has 1 saturated heterocycles. The third kappa shape index (κ3) is 2.57. The van der Waals surface area contributed by atoms with Gasteiger partial charge in [0.05, 0.1) is 7.11 Å². The molecule has 0 saturated carbocycles. The minimum absolute atomic E-state index is 0.0630. The quantitative estimate of drug-likeness (QED) is 0.603. The summed E-state index contributed by atoms with van der Waals surface area (Å²) >= 11 is 0. The van der Waals surface area contributed by atoms with Crippen LogP contribution < -0.4 is 4.90 Å². The fraction of sp³-hybridized carbons (Fsp3) is 0.385. The molecule has 0 radical (unpaired) electrons. The van der Waals surface area contributed by atoms with Gasteiger partial charge in [0.25, 0.3) is 0 Å². The number of ether oxygens (including phenoxy) is 1. The number of rotatable bonds is 2. The Balaban J connectivity index is 2.27. The Kier molecular flexibility index (Phi) is 3.78. The van der Waals surface area contributed by atoms with Crippen LogP contribution in [-0.2, 0) is 14.3 Å². The first-order valence-electron chi connectivity index (χ1n) is 5.84. The summed E-state index contributed by atoms with van der Waals surface area (Å²) in [4.78, 5) is 24.5. The van der Waals surface area contributed by atoms with E-state index in [1.54, 1.807) is 0 Å². The second kappa shape index (κ2) is 5.34. The minimum Gasteiger partial charge on any atom is -0.468 e. The molecule has 0 amide bonds. The van der Waals surface area contributed by atoms with E-state index in [9.17, 15) is 18.4 Å². The van der Waals surface area contributed by atoms with Gasteiger partial charge in [0, 0.05) is 19.5 Å². The molecule has 4 nitrogen and oxygen atoms in total. The maximum atomic E-state index is 13.7. The van der Waals surface area contributed by atoms with E-state index in [0.717, 1.165) is 12.1 Å². The Morgan fingerprint density at radius 1 is 1.37 bits per heavy atom. The number of carbonyl (C=O) groups is 2. The summed E-state index contributed by atoms with van der Waals surface area (Å²) in [6.07, 6.45) is 0.0630. The van der Waals surface area contributed by atoms with Crippen LogP contribution in [-0.4, -0.2) is 32.0 Å². The zero-order valence-electron chi connectivity index (χ0n) is 10.4. The van der Waals surface area contributed by atoms with Crippen molar-refractivity contribution in [2.24, 2.45) is 5.92 Å². The fourth-order valence-corrected chi connectivity index (χ4v) is 2.18. The normalized spacial score (nSPS) is 19.4. The second-order valence-corrected chi connectivity index (χ2v) is 4.31. The third-order valence-corrected chi connectivity index (χ3v) is 3.16. The molecule has 0 N–H and O–H groups in total. The van der Waals surface area contributed by atoms with Gasteiger partial charge in [-0.1, -0.05) is 6.07 Å². The molecule has 0 aromatic heterocycles. The number of anilines is 1. The number of esters is 1. The second-order valence-electron chi connectivity index (χ2n) is 4.31. The standard InChI is InChI=1S/C13H13F2NO3/c1-19-13(18)8-7-16(6-5-11(8)17)12-9(14)3-2-4-10(12)15/h2-4,8H,5-7H2,1H3. The highest BCUT2D eigenvalue weighted by molar-refractivity contribution is 6.00. The number of piperidine rings is 1. The van der Waals surface area contributed by atoms with Crippen molar-refractivity contribution in [1.82, 2.24) is 0 Å². The number of Topliss-reactive ketones (excluding diaryl/α,β-unsaturated/α-hetero) is 1. The molecule has 1 unspecified atom stereocenters. The summed E-state index contributed by atoms with van der Waals surface area (Å²) in [6, 6.07) is 3.55. The Morgan fingerprint density at radius 2 is 2.00 bits per heavy atom. The summed E-state index contributed by atoms with van der Waals surface area (Å²) < 4.78 is 31.8. The van der Waals surface area contributed by atoms with Crippen molar-refractivity contribution in [3.8, 4) is 0 Å². The Hall–Kier alpha value is -1.98. The number of nitrogens with zero attached hydrogens (tertiary/aromatic N) is 1. The highest BCUT2D eigenvalue weighted by Gasteiger charge is 2.35. The van der Waals surface area contributed by atoms with E-state index in [2.05, 4.69) is 4.74 Å². The lowest BCUT2D eigenvalue weighted by Gasteiger charge is -2.32. The van der Waals surface area contributed by atoms with Crippen molar-refractivity contribution in [3.63, 3.8) is 0 Å². The largest absolute Gasteiger partial charge is 0.468 e. The van der Waals surface area contributed by atoms with Crippen LogP contribution in [0, 0.1) is 17.6 Å². The van der Waals surface area contributed by atoms with Crippen LogP contribution in [0.15, 0.2) is 18.2 Å². The first kappa shape index (κ1) is 13.5. The van der Waals surface area contributed by atoms with E-state index < -0.39 is 23.5 Å². The molecule has 1 heterocycles. The summed E-state index contributed by atoms with van der Waals surface area (Å²) in [7, 11) is 1.18. The molecule has 1 aromatic rings. The smallest absolute Gasteiger partial charge is 0.318 e. The van der Waals surface area contributed by atoms with Crippen LogP contribution >= 0.6 is 0 Å². The maximum Gasteiger partial charge on any atom is 0.318 e. The maximum absolute atomic E-state index is 13.7. The molecule has 0 spiro atoms. The number of halogens is 2. The van der Waals surface area contributed by atoms with Crippen LogP contribution in [0.25, 0.3) is 0 Å². The van der Waals surface area contributed by atoms with E-state index in [0.29, 0.717) is 0 Å². The molecule has 0 bridgehead atoms. The van der Waals surface area contributed by atoms with Crippen molar-refractivity contribution >= 4 is 17.4 Å². The van der Waals surface area contributed by atoms with E-state index in [1.165, 1.54) is 18.1 Å². The van der Waals surface area contributed by atoms with Crippen molar-refractivity contribution in [1.29, 1.82) is 0 Å². The van der Waals surface area contributed by atoms with Gasteiger partial charge < -0.3 is 9.64 Å². The number of hydrogen-bond acceptors (Lipinski definition) is 4. The SMILES string of the molecule is COC(=O)C1CN(c2c(F)cccc2F)CCC1=O. The van der Waals surface area contributed by atoms with Crippen LogP contribution in [0.1, 0.15) is 6.42 Å². The zero-order valence-corrected chi connectivity index (χ0v) is 10.4. The summed E-state index contributed by atoms with van der Waals surface area (Å²) in [6.45, 7) is 0.119. The van der Waals surface area contributed by atoms with E-state index in [4.69, 9.17) is 0 Å².